The summed E-state index contributed by atoms with van der Waals surface area (Å²) in [6.45, 7) is 0. The molecule has 5 nitrogen and oxygen atoms in total. The summed E-state index contributed by atoms with van der Waals surface area (Å²) in [5.74, 6) is -0.875. The van der Waals surface area contributed by atoms with Crippen LogP contribution in [0.3, 0.4) is 0 Å². The molecule has 4 rings (SSSR count). The van der Waals surface area contributed by atoms with Crippen molar-refractivity contribution in [1.82, 2.24) is 9.97 Å². The van der Waals surface area contributed by atoms with Crippen LogP contribution in [0.25, 0.3) is 22.6 Å². The molecule has 0 radical (unpaired) electrons. The zero-order valence-corrected chi connectivity index (χ0v) is 14.0. The summed E-state index contributed by atoms with van der Waals surface area (Å²) >= 11 is 5.92. The molecule has 2 heterocycles. The summed E-state index contributed by atoms with van der Waals surface area (Å²) in [5, 5.41) is 2.66. The fraction of sp³-hybridized carbons (Fsp3) is 0. The summed E-state index contributed by atoms with van der Waals surface area (Å²) in [7, 11) is 0. The Kier molecular flexibility index (Phi) is 4.10. The molecule has 0 saturated heterocycles. The lowest BCUT2D eigenvalue weighted by atomic mass is 10.2. The number of hydrogen-bond acceptors (Lipinski definition) is 4. The average molecular weight is 368 g/mol. The van der Waals surface area contributed by atoms with Crippen molar-refractivity contribution in [3.05, 3.63) is 77.3 Å². The highest BCUT2D eigenvalue weighted by atomic mass is 35.5. The van der Waals surface area contributed by atoms with Gasteiger partial charge < -0.3 is 9.73 Å². The Morgan fingerprint density at radius 3 is 2.69 bits per heavy atom. The first-order valence-electron chi connectivity index (χ1n) is 7.68. The van der Waals surface area contributed by atoms with E-state index in [1.54, 1.807) is 42.7 Å². The first-order chi connectivity index (χ1) is 12.6. The van der Waals surface area contributed by atoms with Crippen LogP contribution in [0.5, 0.6) is 0 Å². The van der Waals surface area contributed by atoms with E-state index in [0.29, 0.717) is 22.7 Å². The van der Waals surface area contributed by atoms with E-state index in [2.05, 4.69) is 15.3 Å². The molecule has 0 aliphatic carbocycles. The van der Waals surface area contributed by atoms with Gasteiger partial charge in [0.2, 0.25) is 5.89 Å². The minimum atomic E-state index is -0.685. The quantitative estimate of drug-likeness (QED) is 0.557. The number of halogens is 2. The first kappa shape index (κ1) is 16.2. The smallest absolute Gasteiger partial charge is 0.260 e. The molecule has 2 aromatic carbocycles. The number of nitrogens with zero attached hydrogens (tertiary/aromatic N) is 2. The Morgan fingerprint density at radius 2 is 1.92 bits per heavy atom. The molecule has 7 heteroatoms. The van der Waals surface area contributed by atoms with Gasteiger partial charge in [-0.2, -0.15) is 0 Å². The van der Waals surface area contributed by atoms with Gasteiger partial charge in [0.15, 0.2) is 5.58 Å². The predicted molar refractivity (Wildman–Crippen MR) is 96.6 cm³/mol. The number of carbonyl (C=O) groups excluding carboxylic acids is 1. The van der Waals surface area contributed by atoms with Crippen molar-refractivity contribution in [2.45, 2.75) is 0 Å². The third-order valence-corrected chi connectivity index (χ3v) is 4.08. The molecule has 0 aliphatic heterocycles. The molecule has 0 spiro atoms. The third kappa shape index (κ3) is 3.02. The molecule has 26 heavy (non-hydrogen) atoms. The maximum Gasteiger partial charge on any atom is 0.260 e. The van der Waals surface area contributed by atoms with Crippen LogP contribution in [0.4, 0.5) is 10.1 Å². The highest BCUT2D eigenvalue weighted by molar-refractivity contribution is 6.34. The van der Waals surface area contributed by atoms with Gasteiger partial charge in [0.25, 0.3) is 5.91 Å². The van der Waals surface area contributed by atoms with E-state index in [9.17, 15) is 9.18 Å². The summed E-state index contributed by atoms with van der Waals surface area (Å²) in [5.41, 5.74) is 2.16. The Morgan fingerprint density at radius 1 is 1.12 bits per heavy atom. The number of nitrogens with one attached hydrogen (secondary N) is 1. The number of oxazole rings is 1. The lowest BCUT2D eigenvalue weighted by Gasteiger charge is -2.07. The van der Waals surface area contributed by atoms with Crippen LogP contribution in [0.1, 0.15) is 10.4 Å². The van der Waals surface area contributed by atoms with Crippen LogP contribution in [-0.2, 0) is 0 Å². The van der Waals surface area contributed by atoms with Crippen molar-refractivity contribution in [3.63, 3.8) is 0 Å². The molecular formula is C19H11ClFN3O2. The Hall–Kier alpha value is -3.25. The average Bonchev–Trinajstić information content (AvgIpc) is 3.06. The van der Waals surface area contributed by atoms with Crippen molar-refractivity contribution < 1.29 is 13.6 Å². The highest BCUT2D eigenvalue weighted by Gasteiger charge is 2.16. The lowest BCUT2D eigenvalue weighted by molar-refractivity contribution is 0.102. The maximum atomic E-state index is 13.9. The second-order valence-corrected chi connectivity index (χ2v) is 5.90. The van der Waals surface area contributed by atoms with Crippen LogP contribution in [0.15, 0.2) is 65.3 Å². The van der Waals surface area contributed by atoms with Gasteiger partial charge in [0.05, 0.1) is 10.6 Å². The van der Waals surface area contributed by atoms with Crippen molar-refractivity contribution in [3.8, 4) is 11.5 Å². The summed E-state index contributed by atoms with van der Waals surface area (Å²) in [6, 6.07) is 12.6. The van der Waals surface area contributed by atoms with Crippen molar-refractivity contribution >= 4 is 34.3 Å². The molecule has 0 fully saturated rings. The summed E-state index contributed by atoms with van der Waals surface area (Å²) in [4.78, 5) is 20.7. The van der Waals surface area contributed by atoms with E-state index in [0.717, 1.165) is 5.56 Å². The van der Waals surface area contributed by atoms with Gasteiger partial charge in [-0.25, -0.2) is 9.37 Å². The van der Waals surface area contributed by atoms with Crippen LogP contribution in [-0.4, -0.2) is 15.9 Å². The van der Waals surface area contributed by atoms with Gasteiger partial charge in [0.1, 0.15) is 11.3 Å². The number of aromatic nitrogens is 2. The SMILES string of the molecule is O=C(Nc1ccc2nc(-c3ccncc3)oc2c1)c1c(F)cccc1Cl. The van der Waals surface area contributed by atoms with Gasteiger partial charge in [-0.05, 0) is 36.4 Å². The number of anilines is 1. The second-order valence-electron chi connectivity index (χ2n) is 5.49. The Balaban J connectivity index is 1.65. The van der Waals surface area contributed by atoms with Gasteiger partial charge in [-0.3, -0.25) is 9.78 Å². The van der Waals surface area contributed by atoms with Crippen LogP contribution >= 0.6 is 11.6 Å². The number of benzene rings is 2. The van der Waals surface area contributed by atoms with Crippen molar-refractivity contribution in [2.24, 2.45) is 0 Å². The number of carbonyl (C=O) groups is 1. The summed E-state index contributed by atoms with van der Waals surface area (Å²) in [6.07, 6.45) is 3.29. The zero-order valence-electron chi connectivity index (χ0n) is 13.2. The maximum absolute atomic E-state index is 13.9. The first-order valence-corrected chi connectivity index (χ1v) is 8.06. The van der Waals surface area contributed by atoms with Crippen LogP contribution in [0, 0.1) is 5.82 Å². The highest BCUT2D eigenvalue weighted by Crippen LogP contribution is 2.27. The van der Waals surface area contributed by atoms with E-state index in [1.165, 1.54) is 18.2 Å². The lowest BCUT2D eigenvalue weighted by Crippen LogP contribution is -2.14. The minimum absolute atomic E-state index is 0.0446. The zero-order chi connectivity index (χ0) is 18.1. The number of hydrogen-bond donors (Lipinski definition) is 1. The topological polar surface area (TPSA) is 68.0 Å². The van der Waals surface area contributed by atoms with E-state index in [4.69, 9.17) is 16.0 Å². The van der Waals surface area contributed by atoms with Gasteiger partial charge in [-0.15, -0.1) is 0 Å². The number of pyridine rings is 1. The molecule has 0 bridgehead atoms. The molecule has 2 aromatic heterocycles. The molecule has 0 unspecified atom stereocenters. The number of rotatable bonds is 3. The van der Waals surface area contributed by atoms with E-state index < -0.39 is 11.7 Å². The summed E-state index contributed by atoms with van der Waals surface area (Å²) < 4.78 is 19.6. The van der Waals surface area contributed by atoms with Gasteiger partial charge in [-0.1, -0.05) is 17.7 Å². The minimum Gasteiger partial charge on any atom is -0.436 e. The Bertz CT molecular complexity index is 1090. The molecule has 128 valence electrons. The van der Waals surface area contributed by atoms with E-state index in [-0.39, 0.29) is 10.6 Å². The molecule has 0 atom stereocenters. The van der Waals surface area contributed by atoms with E-state index >= 15 is 0 Å². The van der Waals surface area contributed by atoms with Crippen molar-refractivity contribution in [2.75, 3.05) is 5.32 Å². The Labute approximate surface area is 152 Å². The van der Waals surface area contributed by atoms with Crippen LogP contribution < -0.4 is 5.32 Å². The van der Waals surface area contributed by atoms with Crippen molar-refractivity contribution in [1.29, 1.82) is 0 Å². The van der Waals surface area contributed by atoms with Gasteiger partial charge >= 0.3 is 0 Å². The van der Waals surface area contributed by atoms with Gasteiger partial charge in [0, 0.05) is 29.7 Å². The molecule has 1 amide bonds. The number of fused-ring (bicyclic) bond motifs is 1. The normalized spacial score (nSPS) is 10.8. The van der Waals surface area contributed by atoms with Crippen LogP contribution in [0.2, 0.25) is 5.02 Å². The largest absolute Gasteiger partial charge is 0.436 e. The molecule has 0 saturated carbocycles. The number of amides is 1. The second kappa shape index (κ2) is 6.57. The molecular weight excluding hydrogens is 357 g/mol. The third-order valence-electron chi connectivity index (χ3n) is 3.76. The molecule has 1 N–H and O–H groups in total. The molecule has 0 aliphatic rings. The van der Waals surface area contributed by atoms with E-state index in [1.807, 2.05) is 0 Å². The standard InChI is InChI=1S/C19H11ClFN3O2/c20-13-2-1-3-14(21)17(13)18(25)23-12-4-5-15-16(10-12)26-19(24-15)11-6-8-22-9-7-11/h1-10H,(H,23,25). The fourth-order valence-electron chi connectivity index (χ4n) is 2.53. The predicted octanol–water partition coefficient (Wildman–Crippen LogP) is 4.93. The molecule has 4 aromatic rings. The monoisotopic (exact) mass is 367 g/mol. The fourth-order valence-corrected chi connectivity index (χ4v) is 2.78.